The van der Waals surface area contributed by atoms with Gasteiger partial charge in [-0.15, -0.1) is 0 Å². The molecule has 8 nitrogen and oxygen atoms in total. The SMILES string of the molecule is CCc1cnc(-c2cc(Oc3ccc(S(C)(=O)=O)cc3)cc(O[C@@H](C)CO)c2)[nH]c1=O. The van der Waals surface area contributed by atoms with Crippen molar-refractivity contribution >= 4 is 9.84 Å². The molecule has 0 aliphatic heterocycles. The van der Waals surface area contributed by atoms with Crippen LogP contribution in [0.3, 0.4) is 0 Å². The minimum Gasteiger partial charge on any atom is -0.488 e. The van der Waals surface area contributed by atoms with Crippen LogP contribution < -0.4 is 15.0 Å². The summed E-state index contributed by atoms with van der Waals surface area (Å²) in [5.74, 6) is 1.59. The summed E-state index contributed by atoms with van der Waals surface area (Å²) in [6.45, 7) is 3.42. The summed E-state index contributed by atoms with van der Waals surface area (Å²) in [6, 6.07) is 11.0. The van der Waals surface area contributed by atoms with E-state index in [0.29, 0.717) is 40.6 Å². The van der Waals surface area contributed by atoms with Gasteiger partial charge >= 0.3 is 0 Å². The molecule has 0 saturated carbocycles. The Morgan fingerprint density at radius 1 is 1.10 bits per heavy atom. The Labute approximate surface area is 180 Å². The number of benzene rings is 2. The van der Waals surface area contributed by atoms with Crippen molar-refractivity contribution in [3.63, 3.8) is 0 Å². The standard InChI is InChI=1S/C22H24N2O6S/c1-4-15-12-23-21(24-22(15)26)16-9-18(29-14(2)13-25)11-19(10-16)30-17-5-7-20(8-6-17)31(3,27)28/h5-12,14,25H,4,13H2,1-3H3,(H,23,24,26)/t14-/m0/s1. The molecular formula is C22H24N2O6S. The van der Waals surface area contributed by atoms with Gasteiger partial charge in [0.2, 0.25) is 0 Å². The summed E-state index contributed by atoms with van der Waals surface area (Å²) >= 11 is 0. The lowest BCUT2D eigenvalue weighted by molar-refractivity contribution is 0.129. The largest absolute Gasteiger partial charge is 0.488 e. The van der Waals surface area contributed by atoms with Crippen LogP contribution in [-0.2, 0) is 16.3 Å². The van der Waals surface area contributed by atoms with Crippen molar-refractivity contribution in [2.75, 3.05) is 12.9 Å². The zero-order chi connectivity index (χ0) is 22.6. The molecule has 0 aliphatic rings. The van der Waals surface area contributed by atoms with Gasteiger partial charge in [0.25, 0.3) is 5.56 Å². The van der Waals surface area contributed by atoms with Crippen LogP contribution in [0.2, 0.25) is 0 Å². The first-order valence-electron chi connectivity index (χ1n) is 9.68. The Hall–Kier alpha value is -3.17. The summed E-state index contributed by atoms with van der Waals surface area (Å²) in [5, 5.41) is 9.31. The molecule has 2 N–H and O–H groups in total. The average Bonchev–Trinajstić information content (AvgIpc) is 2.73. The van der Waals surface area contributed by atoms with Crippen molar-refractivity contribution in [3.8, 4) is 28.6 Å². The second-order valence-corrected chi connectivity index (χ2v) is 9.11. The van der Waals surface area contributed by atoms with Crippen LogP contribution in [0.15, 0.2) is 58.4 Å². The van der Waals surface area contributed by atoms with E-state index in [2.05, 4.69) is 9.97 Å². The normalized spacial score (nSPS) is 12.4. The molecule has 0 bridgehead atoms. The number of aryl methyl sites for hydroxylation is 1. The van der Waals surface area contributed by atoms with Crippen LogP contribution in [-0.4, -0.2) is 42.5 Å². The lowest BCUT2D eigenvalue weighted by atomic mass is 10.1. The Morgan fingerprint density at radius 3 is 2.35 bits per heavy atom. The monoisotopic (exact) mass is 444 g/mol. The molecule has 1 aromatic heterocycles. The van der Waals surface area contributed by atoms with Gasteiger partial charge in [-0.05, 0) is 49.7 Å². The van der Waals surface area contributed by atoms with Crippen LogP contribution in [0.5, 0.6) is 17.2 Å². The first-order chi connectivity index (χ1) is 14.7. The molecule has 9 heteroatoms. The molecule has 0 aliphatic carbocycles. The van der Waals surface area contributed by atoms with E-state index in [1.54, 1.807) is 37.3 Å². The third-order valence-electron chi connectivity index (χ3n) is 4.49. The summed E-state index contributed by atoms with van der Waals surface area (Å²) in [4.78, 5) is 19.5. The van der Waals surface area contributed by atoms with Crippen LogP contribution in [0.25, 0.3) is 11.4 Å². The highest BCUT2D eigenvalue weighted by Crippen LogP contribution is 2.32. The minimum absolute atomic E-state index is 0.173. The number of aliphatic hydroxyl groups excluding tert-OH is 1. The maximum atomic E-state index is 12.2. The Kier molecular flexibility index (Phi) is 6.77. The van der Waals surface area contributed by atoms with E-state index >= 15 is 0 Å². The van der Waals surface area contributed by atoms with Crippen molar-refractivity contribution in [1.29, 1.82) is 0 Å². The number of hydrogen-bond donors (Lipinski definition) is 2. The Morgan fingerprint density at radius 2 is 1.77 bits per heavy atom. The van der Waals surface area contributed by atoms with Gasteiger partial charge in [-0.3, -0.25) is 4.79 Å². The number of nitrogens with zero attached hydrogens (tertiary/aromatic N) is 1. The smallest absolute Gasteiger partial charge is 0.254 e. The topological polar surface area (TPSA) is 119 Å². The van der Waals surface area contributed by atoms with E-state index in [9.17, 15) is 18.3 Å². The fourth-order valence-electron chi connectivity index (χ4n) is 2.82. The van der Waals surface area contributed by atoms with Gasteiger partial charge in [0.05, 0.1) is 11.5 Å². The summed E-state index contributed by atoms with van der Waals surface area (Å²) in [5.41, 5.74) is 0.916. The second kappa shape index (κ2) is 9.32. The number of sulfone groups is 1. The summed E-state index contributed by atoms with van der Waals surface area (Å²) in [6.07, 6.45) is 2.78. The number of hydrogen-bond acceptors (Lipinski definition) is 7. The van der Waals surface area contributed by atoms with Gasteiger partial charge in [0.15, 0.2) is 9.84 Å². The number of H-pyrrole nitrogens is 1. The molecule has 31 heavy (non-hydrogen) atoms. The van der Waals surface area contributed by atoms with Gasteiger partial charge in [0, 0.05) is 29.6 Å². The molecule has 0 unspecified atom stereocenters. The van der Waals surface area contributed by atoms with E-state index in [-0.39, 0.29) is 17.1 Å². The second-order valence-electron chi connectivity index (χ2n) is 7.09. The van der Waals surface area contributed by atoms with Crippen LogP contribution >= 0.6 is 0 Å². The van der Waals surface area contributed by atoms with Crippen molar-refractivity contribution in [1.82, 2.24) is 9.97 Å². The molecule has 3 aromatic rings. The molecule has 164 valence electrons. The molecule has 0 spiro atoms. The number of aromatic nitrogens is 2. The fraction of sp³-hybridized carbons (Fsp3) is 0.273. The maximum Gasteiger partial charge on any atom is 0.254 e. The van der Waals surface area contributed by atoms with E-state index in [1.807, 2.05) is 6.92 Å². The van der Waals surface area contributed by atoms with Gasteiger partial charge < -0.3 is 19.6 Å². The molecule has 0 amide bonds. The average molecular weight is 445 g/mol. The quantitative estimate of drug-likeness (QED) is 0.548. The number of aromatic amines is 1. The van der Waals surface area contributed by atoms with Crippen molar-refractivity contribution < 1.29 is 23.0 Å². The minimum atomic E-state index is -3.31. The molecule has 1 heterocycles. The first-order valence-corrected chi connectivity index (χ1v) is 11.6. The van der Waals surface area contributed by atoms with Crippen molar-refractivity contribution in [2.24, 2.45) is 0 Å². The van der Waals surface area contributed by atoms with Crippen molar-refractivity contribution in [3.05, 3.63) is 64.6 Å². The van der Waals surface area contributed by atoms with E-state index < -0.39 is 15.9 Å². The number of ether oxygens (including phenoxy) is 2. The summed E-state index contributed by atoms with van der Waals surface area (Å²) < 4.78 is 34.9. The molecule has 3 rings (SSSR count). The highest BCUT2D eigenvalue weighted by atomic mass is 32.2. The molecule has 0 saturated heterocycles. The van der Waals surface area contributed by atoms with Gasteiger partial charge in [-0.2, -0.15) is 0 Å². The Bertz CT molecular complexity index is 1220. The molecule has 0 fully saturated rings. The van der Waals surface area contributed by atoms with E-state index in [4.69, 9.17) is 9.47 Å². The van der Waals surface area contributed by atoms with E-state index in [1.165, 1.54) is 18.3 Å². The molecule has 1 atom stereocenters. The molecular weight excluding hydrogens is 420 g/mol. The number of aliphatic hydroxyl groups is 1. The fourth-order valence-corrected chi connectivity index (χ4v) is 3.45. The van der Waals surface area contributed by atoms with Gasteiger partial charge in [-0.1, -0.05) is 6.92 Å². The van der Waals surface area contributed by atoms with Crippen molar-refractivity contribution in [2.45, 2.75) is 31.3 Å². The highest BCUT2D eigenvalue weighted by molar-refractivity contribution is 7.90. The van der Waals surface area contributed by atoms with Crippen LogP contribution in [0, 0.1) is 0 Å². The number of nitrogens with one attached hydrogen (secondary N) is 1. The maximum absolute atomic E-state index is 12.2. The predicted octanol–water partition coefficient (Wildman–Crippen LogP) is 2.95. The van der Waals surface area contributed by atoms with Crippen LogP contribution in [0.1, 0.15) is 19.4 Å². The zero-order valence-corrected chi connectivity index (χ0v) is 18.3. The highest BCUT2D eigenvalue weighted by Gasteiger charge is 2.12. The summed E-state index contributed by atoms with van der Waals surface area (Å²) in [7, 11) is -3.31. The Balaban J connectivity index is 1.99. The van der Waals surface area contributed by atoms with Gasteiger partial charge in [-0.25, -0.2) is 13.4 Å². The third-order valence-corrected chi connectivity index (χ3v) is 5.62. The lowest BCUT2D eigenvalue weighted by Crippen LogP contribution is -2.16. The first kappa shape index (κ1) is 22.5. The lowest BCUT2D eigenvalue weighted by Gasteiger charge is -2.15. The predicted molar refractivity (Wildman–Crippen MR) is 116 cm³/mol. The zero-order valence-electron chi connectivity index (χ0n) is 17.5. The number of rotatable bonds is 8. The third kappa shape index (κ3) is 5.71. The van der Waals surface area contributed by atoms with Gasteiger partial charge in [0.1, 0.15) is 29.2 Å². The molecule has 2 aromatic carbocycles. The van der Waals surface area contributed by atoms with Crippen LogP contribution in [0.4, 0.5) is 0 Å². The van der Waals surface area contributed by atoms with E-state index in [0.717, 1.165) is 6.26 Å². The molecule has 0 radical (unpaired) electrons.